The second kappa shape index (κ2) is 7.99. The van der Waals surface area contributed by atoms with Crippen molar-refractivity contribution < 1.29 is 5.11 Å². The Morgan fingerprint density at radius 2 is 1.89 bits per heavy atom. The molecule has 3 aromatic rings. The fourth-order valence-electron chi connectivity index (χ4n) is 4.39. The van der Waals surface area contributed by atoms with Gasteiger partial charge in [0.2, 0.25) is 0 Å². The third kappa shape index (κ3) is 4.33. The van der Waals surface area contributed by atoms with Crippen LogP contribution in [0.25, 0.3) is 0 Å². The molecule has 1 N–H and O–H groups in total. The average Bonchev–Trinajstić information content (AvgIpc) is 3.32. The highest BCUT2D eigenvalue weighted by atomic mass is 32.2. The van der Waals surface area contributed by atoms with Crippen molar-refractivity contribution in [2.45, 2.75) is 63.4 Å². The summed E-state index contributed by atoms with van der Waals surface area (Å²) in [5.74, 6) is 0.651. The van der Waals surface area contributed by atoms with Gasteiger partial charge in [-0.25, -0.2) is 4.98 Å². The molecule has 4 heteroatoms. The third-order valence-corrected chi connectivity index (χ3v) is 7.62. The summed E-state index contributed by atoms with van der Waals surface area (Å²) >= 11 is 0. The Hall–Kier alpha value is -1.91. The van der Waals surface area contributed by atoms with E-state index in [9.17, 15) is 5.11 Å². The van der Waals surface area contributed by atoms with Gasteiger partial charge in [-0.05, 0) is 31.2 Å². The van der Waals surface area contributed by atoms with Crippen molar-refractivity contribution in [1.82, 2.24) is 8.96 Å². The Morgan fingerprint density at radius 1 is 1.11 bits per heavy atom. The molecular formula is C23H29N2OS+. The van der Waals surface area contributed by atoms with Gasteiger partial charge in [0.1, 0.15) is 17.0 Å². The summed E-state index contributed by atoms with van der Waals surface area (Å²) in [6, 6.07) is 12.7. The summed E-state index contributed by atoms with van der Waals surface area (Å²) in [7, 11) is -0.140. The maximum Gasteiger partial charge on any atom is 0.185 e. The molecule has 1 fully saturated rings. The van der Waals surface area contributed by atoms with Gasteiger partial charge in [0.05, 0.1) is 24.4 Å². The zero-order valence-corrected chi connectivity index (χ0v) is 16.9. The molecular weight excluding hydrogens is 352 g/mol. The van der Waals surface area contributed by atoms with Crippen molar-refractivity contribution in [3.8, 4) is 0 Å². The fraction of sp³-hybridized carbons (Fsp3) is 0.435. The van der Waals surface area contributed by atoms with Gasteiger partial charge in [-0.1, -0.05) is 49.6 Å². The van der Waals surface area contributed by atoms with Crippen LogP contribution < -0.4 is 0 Å². The van der Waals surface area contributed by atoms with Gasteiger partial charge < -0.3 is 5.11 Å². The number of hydrogen-bond donors (Lipinski definition) is 1. The molecule has 0 radical (unpaired) electrons. The van der Waals surface area contributed by atoms with Crippen LogP contribution in [0.3, 0.4) is 0 Å². The molecule has 2 unspecified atom stereocenters. The number of nitrogens with zero attached hydrogens (tertiary/aromatic N) is 2. The van der Waals surface area contributed by atoms with E-state index in [-0.39, 0.29) is 10.7 Å². The molecule has 1 saturated carbocycles. The van der Waals surface area contributed by atoms with Crippen LogP contribution in [-0.2, 0) is 12.8 Å². The summed E-state index contributed by atoms with van der Waals surface area (Å²) < 4.78 is 2.19. The van der Waals surface area contributed by atoms with Crippen LogP contribution in [0.1, 0.15) is 60.9 Å². The van der Waals surface area contributed by atoms with Crippen LogP contribution in [0.5, 0.6) is 0 Å². The molecule has 2 aromatic heterocycles. The molecule has 0 bridgehead atoms. The molecule has 0 spiro atoms. The minimum absolute atomic E-state index is 0.140. The fourth-order valence-corrected chi connectivity index (χ4v) is 6.50. The SMILES string of the molecule is CC(O)(Cc1ccccc1)Cc1c(C2CCCCC2)cc[s+]1-n1ccnc1. The number of rotatable bonds is 6. The number of benzene rings is 1. The summed E-state index contributed by atoms with van der Waals surface area (Å²) in [5, 5.41) is 13.6. The van der Waals surface area contributed by atoms with Gasteiger partial charge >= 0.3 is 0 Å². The molecule has 142 valence electrons. The average molecular weight is 382 g/mol. The number of hydrogen-bond acceptors (Lipinski definition) is 2. The van der Waals surface area contributed by atoms with E-state index in [0.29, 0.717) is 18.8 Å². The predicted molar refractivity (Wildman–Crippen MR) is 112 cm³/mol. The van der Waals surface area contributed by atoms with Crippen molar-refractivity contribution in [2.24, 2.45) is 0 Å². The lowest BCUT2D eigenvalue weighted by molar-refractivity contribution is 0.0613. The molecule has 27 heavy (non-hydrogen) atoms. The lowest BCUT2D eigenvalue weighted by Gasteiger charge is -2.25. The van der Waals surface area contributed by atoms with Gasteiger partial charge in [0.25, 0.3) is 0 Å². The summed E-state index contributed by atoms with van der Waals surface area (Å²) in [6.45, 7) is 1.99. The van der Waals surface area contributed by atoms with E-state index in [1.807, 2.05) is 43.8 Å². The molecule has 2 heterocycles. The second-order valence-electron chi connectivity index (χ2n) is 8.09. The van der Waals surface area contributed by atoms with Crippen LogP contribution in [0.2, 0.25) is 0 Å². The standard InChI is InChI=1S/C23H29N2OS/c1-23(26,16-19-8-4-2-5-9-19)17-22-21(20-10-6-3-7-11-20)12-15-27(22)25-14-13-24-18-25/h2,4-5,8-9,12-15,18,20,26H,3,6-7,10-11,16-17H2,1H3/q+1. The molecule has 1 aliphatic rings. The first kappa shape index (κ1) is 18.5. The minimum Gasteiger partial charge on any atom is -0.389 e. The Labute approximate surface area is 164 Å². The largest absolute Gasteiger partial charge is 0.389 e. The first-order valence-electron chi connectivity index (χ1n) is 10.0. The molecule has 2 atom stereocenters. The van der Waals surface area contributed by atoms with E-state index in [4.69, 9.17) is 0 Å². The van der Waals surface area contributed by atoms with Crippen LogP contribution in [-0.4, -0.2) is 19.7 Å². The van der Waals surface area contributed by atoms with Crippen molar-refractivity contribution in [2.75, 3.05) is 0 Å². The smallest absolute Gasteiger partial charge is 0.185 e. The van der Waals surface area contributed by atoms with Crippen LogP contribution in [0.4, 0.5) is 0 Å². The summed E-state index contributed by atoms with van der Waals surface area (Å²) in [4.78, 5) is 5.66. The van der Waals surface area contributed by atoms with Crippen molar-refractivity contribution >= 4 is 10.7 Å². The normalized spacial score (nSPS) is 18.4. The molecule has 4 rings (SSSR count). The van der Waals surface area contributed by atoms with Crippen LogP contribution in [0, 0.1) is 0 Å². The highest BCUT2D eigenvalue weighted by Gasteiger charge is 2.34. The maximum atomic E-state index is 11.3. The van der Waals surface area contributed by atoms with Crippen LogP contribution in [0.15, 0.2) is 60.5 Å². The van der Waals surface area contributed by atoms with Gasteiger partial charge in [-0.15, -0.1) is 3.97 Å². The maximum absolute atomic E-state index is 11.3. The van der Waals surface area contributed by atoms with E-state index in [0.717, 1.165) is 0 Å². The van der Waals surface area contributed by atoms with E-state index >= 15 is 0 Å². The molecule has 0 saturated heterocycles. The Bertz CT molecular complexity index is 846. The Kier molecular flexibility index (Phi) is 5.46. The van der Waals surface area contributed by atoms with Gasteiger partial charge in [-0.3, -0.25) is 0 Å². The Morgan fingerprint density at radius 3 is 2.59 bits per heavy atom. The van der Waals surface area contributed by atoms with Gasteiger partial charge in [0, 0.05) is 18.1 Å². The predicted octanol–water partition coefficient (Wildman–Crippen LogP) is 5.53. The third-order valence-electron chi connectivity index (χ3n) is 5.67. The zero-order chi connectivity index (χ0) is 18.7. The van der Waals surface area contributed by atoms with Crippen LogP contribution >= 0.6 is 10.7 Å². The van der Waals surface area contributed by atoms with Gasteiger partial charge in [0.15, 0.2) is 10.3 Å². The first-order chi connectivity index (χ1) is 13.1. The number of thiophene rings is 1. The molecule has 1 aliphatic carbocycles. The summed E-state index contributed by atoms with van der Waals surface area (Å²) in [5.41, 5.74) is 1.92. The lowest BCUT2D eigenvalue weighted by atomic mass is 9.82. The van der Waals surface area contributed by atoms with E-state index < -0.39 is 5.60 Å². The topological polar surface area (TPSA) is 38.0 Å². The molecule has 0 amide bonds. The zero-order valence-electron chi connectivity index (χ0n) is 16.1. The second-order valence-corrected chi connectivity index (χ2v) is 9.91. The lowest BCUT2D eigenvalue weighted by Crippen LogP contribution is -2.30. The highest BCUT2D eigenvalue weighted by molar-refractivity contribution is 7.28. The summed E-state index contributed by atoms with van der Waals surface area (Å²) in [6.07, 6.45) is 13.8. The van der Waals surface area contributed by atoms with Crippen molar-refractivity contribution in [3.05, 3.63) is 76.5 Å². The highest BCUT2D eigenvalue weighted by Crippen LogP contribution is 2.42. The van der Waals surface area contributed by atoms with Gasteiger partial charge in [-0.2, -0.15) is 0 Å². The Balaban J connectivity index is 1.65. The van der Waals surface area contributed by atoms with E-state index in [1.54, 1.807) is 0 Å². The van der Waals surface area contributed by atoms with Crippen molar-refractivity contribution in [3.63, 3.8) is 0 Å². The van der Waals surface area contributed by atoms with E-state index in [2.05, 4.69) is 32.5 Å². The van der Waals surface area contributed by atoms with E-state index in [1.165, 1.54) is 48.1 Å². The molecule has 1 aromatic carbocycles. The molecule has 3 nitrogen and oxygen atoms in total. The number of aromatic nitrogens is 2. The van der Waals surface area contributed by atoms with Crippen molar-refractivity contribution in [1.29, 1.82) is 0 Å². The number of aliphatic hydroxyl groups is 1. The quantitative estimate of drug-likeness (QED) is 0.570. The number of imidazole rings is 1. The minimum atomic E-state index is -0.756. The first-order valence-corrected chi connectivity index (χ1v) is 11.3. The molecule has 0 aliphatic heterocycles. The monoisotopic (exact) mass is 381 g/mol.